The fourth-order valence-electron chi connectivity index (χ4n) is 1.33. The predicted molar refractivity (Wildman–Crippen MR) is 47.1 cm³/mol. The van der Waals surface area contributed by atoms with Crippen molar-refractivity contribution in [3.05, 3.63) is 23.8 Å². The van der Waals surface area contributed by atoms with E-state index in [-0.39, 0.29) is 0 Å². The van der Waals surface area contributed by atoms with Crippen LogP contribution in [0.5, 0.6) is 0 Å². The number of anilines is 1. The van der Waals surface area contributed by atoms with E-state index < -0.39 is 0 Å². The van der Waals surface area contributed by atoms with Crippen molar-refractivity contribution < 1.29 is 4.55 Å². The molecule has 0 bridgehead atoms. The molecular weight excluding hydrogens is 158 g/mol. The van der Waals surface area contributed by atoms with E-state index in [1.807, 2.05) is 12.1 Å². The van der Waals surface area contributed by atoms with E-state index in [9.17, 15) is 0 Å². The van der Waals surface area contributed by atoms with E-state index >= 15 is 0 Å². The average Bonchev–Trinajstić information content (AvgIpc) is 2.50. The molecule has 0 unspecified atom stereocenters. The van der Waals surface area contributed by atoms with Crippen LogP contribution in [0.3, 0.4) is 0 Å². The Morgan fingerprint density at radius 3 is 3.18 bits per heavy atom. The molecule has 1 aliphatic rings. The molecule has 0 spiro atoms. The van der Waals surface area contributed by atoms with Gasteiger partial charge in [0.05, 0.1) is 0 Å². The van der Waals surface area contributed by atoms with Gasteiger partial charge in [-0.3, -0.25) is 0 Å². The lowest BCUT2D eigenvalue weighted by Crippen LogP contribution is -1.90. The van der Waals surface area contributed by atoms with Gasteiger partial charge < -0.3 is 9.87 Å². The second-order valence-corrected chi connectivity index (χ2v) is 3.24. The zero-order chi connectivity index (χ0) is 7.68. The molecule has 0 amide bonds. The molecule has 2 N–H and O–H groups in total. The third kappa shape index (κ3) is 1.21. The second kappa shape index (κ2) is 2.75. The fourth-order valence-corrected chi connectivity index (χ4v) is 1.63. The molecule has 1 aromatic carbocycles. The first-order valence-electron chi connectivity index (χ1n) is 3.58. The molecule has 2 rings (SSSR count). The molecule has 0 fully saturated rings. The highest BCUT2D eigenvalue weighted by atomic mass is 32.2. The molecule has 11 heavy (non-hydrogen) atoms. The fraction of sp³-hybridized carbons (Fsp3) is 0.250. The lowest BCUT2D eigenvalue weighted by Gasteiger charge is -2.00. The van der Waals surface area contributed by atoms with Crippen LogP contribution in [0.4, 0.5) is 5.69 Å². The monoisotopic (exact) mass is 167 g/mol. The van der Waals surface area contributed by atoms with E-state index in [4.69, 9.17) is 4.55 Å². The number of fused-ring (bicyclic) bond motifs is 1. The van der Waals surface area contributed by atoms with Crippen molar-refractivity contribution in [2.24, 2.45) is 0 Å². The molecule has 58 valence electrons. The number of hydrogen-bond donors (Lipinski definition) is 2. The van der Waals surface area contributed by atoms with Gasteiger partial charge in [0.15, 0.2) is 0 Å². The van der Waals surface area contributed by atoms with Crippen LogP contribution in [0.25, 0.3) is 0 Å². The molecule has 0 saturated carbocycles. The van der Waals surface area contributed by atoms with Gasteiger partial charge in [-0.1, -0.05) is 6.07 Å². The maximum Gasteiger partial charge on any atom is 0.0385 e. The maximum absolute atomic E-state index is 8.76. The molecule has 0 radical (unpaired) electrons. The van der Waals surface area contributed by atoms with E-state index in [0.717, 1.165) is 29.9 Å². The average molecular weight is 167 g/mol. The lowest BCUT2D eigenvalue weighted by molar-refractivity contribution is 0.664. The molecule has 2 nitrogen and oxygen atoms in total. The summed E-state index contributed by atoms with van der Waals surface area (Å²) in [5.74, 6) is 0. The van der Waals surface area contributed by atoms with Crippen molar-refractivity contribution in [3.63, 3.8) is 0 Å². The summed E-state index contributed by atoms with van der Waals surface area (Å²) in [6, 6.07) is 5.98. The van der Waals surface area contributed by atoms with Gasteiger partial charge in [0.25, 0.3) is 0 Å². The Kier molecular flexibility index (Phi) is 1.75. The van der Waals surface area contributed by atoms with Crippen LogP contribution in [-0.4, -0.2) is 11.1 Å². The quantitative estimate of drug-likeness (QED) is 0.629. The minimum atomic E-state index is 0.795. The number of rotatable bonds is 1. The summed E-state index contributed by atoms with van der Waals surface area (Å²) in [6.07, 6.45) is 1.10. The zero-order valence-corrected chi connectivity index (χ0v) is 6.82. The van der Waals surface area contributed by atoms with Gasteiger partial charge in [-0.2, -0.15) is 0 Å². The Bertz CT molecular complexity index is 275. The summed E-state index contributed by atoms with van der Waals surface area (Å²) in [7, 11) is 0. The maximum atomic E-state index is 8.76. The minimum absolute atomic E-state index is 0.795. The minimum Gasteiger partial charge on any atom is -0.384 e. The van der Waals surface area contributed by atoms with Gasteiger partial charge in [0.1, 0.15) is 0 Å². The molecule has 0 aromatic heterocycles. The summed E-state index contributed by atoms with van der Waals surface area (Å²) in [4.78, 5) is 0.901. The Morgan fingerprint density at radius 1 is 1.45 bits per heavy atom. The second-order valence-electron chi connectivity index (χ2n) is 2.59. The topological polar surface area (TPSA) is 32.3 Å². The molecule has 1 aliphatic heterocycles. The third-order valence-electron chi connectivity index (χ3n) is 1.90. The van der Waals surface area contributed by atoms with Crippen LogP contribution >= 0.6 is 12.0 Å². The lowest BCUT2D eigenvalue weighted by atomic mass is 10.2. The normalized spacial score (nSPS) is 14.3. The van der Waals surface area contributed by atoms with E-state index in [0.29, 0.717) is 0 Å². The number of nitrogens with one attached hydrogen (secondary N) is 1. The summed E-state index contributed by atoms with van der Waals surface area (Å²) in [5.41, 5.74) is 2.52. The Morgan fingerprint density at radius 2 is 2.36 bits per heavy atom. The summed E-state index contributed by atoms with van der Waals surface area (Å²) in [5, 5.41) is 3.25. The zero-order valence-electron chi connectivity index (χ0n) is 6.00. The van der Waals surface area contributed by atoms with Crippen LogP contribution in [0.15, 0.2) is 23.1 Å². The van der Waals surface area contributed by atoms with Crippen molar-refractivity contribution >= 4 is 17.7 Å². The van der Waals surface area contributed by atoms with E-state index in [2.05, 4.69) is 11.4 Å². The highest BCUT2D eigenvalue weighted by Gasteiger charge is 2.09. The third-order valence-corrected chi connectivity index (χ3v) is 2.36. The first-order chi connectivity index (χ1) is 5.40. The highest BCUT2D eigenvalue weighted by molar-refractivity contribution is 7.93. The van der Waals surface area contributed by atoms with E-state index in [1.165, 1.54) is 11.3 Å². The molecule has 0 saturated heterocycles. The van der Waals surface area contributed by atoms with Crippen molar-refractivity contribution in [2.75, 3.05) is 11.9 Å². The number of hydrogen-bond acceptors (Lipinski definition) is 3. The Balaban J connectivity index is 2.41. The van der Waals surface area contributed by atoms with Gasteiger partial charge in [-0.25, -0.2) is 0 Å². The van der Waals surface area contributed by atoms with Crippen LogP contribution in [0.2, 0.25) is 0 Å². The highest BCUT2D eigenvalue weighted by Crippen LogP contribution is 2.26. The Labute approximate surface area is 69.8 Å². The molecule has 0 atom stereocenters. The van der Waals surface area contributed by atoms with Crippen LogP contribution in [-0.2, 0) is 6.42 Å². The largest absolute Gasteiger partial charge is 0.384 e. The van der Waals surface area contributed by atoms with Crippen LogP contribution in [0.1, 0.15) is 5.56 Å². The predicted octanol–water partition coefficient (Wildman–Crippen LogP) is 2.22. The van der Waals surface area contributed by atoms with Gasteiger partial charge in [0, 0.05) is 29.2 Å². The van der Waals surface area contributed by atoms with Gasteiger partial charge in [-0.15, -0.1) is 0 Å². The first-order valence-corrected chi connectivity index (χ1v) is 4.36. The summed E-state index contributed by atoms with van der Waals surface area (Å²) < 4.78 is 8.76. The molecule has 1 aromatic rings. The molecule has 1 heterocycles. The van der Waals surface area contributed by atoms with Crippen molar-refractivity contribution in [2.45, 2.75) is 11.3 Å². The SMILES string of the molecule is OSc1ccc2c(c1)NCC2. The molecular formula is C8H9NOS. The van der Waals surface area contributed by atoms with Crippen LogP contribution in [0, 0.1) is 0 Å². The summed E-state index contributed by atoms with van der Waals surface area (Å²) >= 11 is 0.795. The van der Waals surface area contributed by atoms with Gasteiger partial charge in [-0.05, 0) is 24.1 Å². The van der Waals surface area contributed by atoms with Gasteiger partial charge >= 0.3 is 0 Å². The van der Waals surface area contributed by atoms with Crippen molar-refractivity contribution in [3.8, 4) is 0 Å². The molecule has 3 heteroatoms. The summed E-state index contributed by atoms with van der Waals surface area (Å²) in [6.45, 7) is 1.02. The van der Waals surface area contributed by atoms with Crippen molar-refractivity contribution in [1.82, 2.24) is 0 Å². The molecule has 0 aliphatic carbocycles. The number of benzene rings is 1. The van der Waals surface area contributed by atoms with Crippen LogP contribution < -0.4 is 5.32 Å². The first kappa shape index (κ1) is 7.00. The Hall–Kier alpha value is -0.670. The smallest absolute Gasteiger partial charge is 0.0385 e. The van der Waals surface area contributed by atoms with Gasteiger partial charge in [0.2, 0.25) is 0 Å². The standard InChI is InChI=1S/C8H9NOS/c10-11-7-2-1-6-3-4-9-8(6)5-7/h1-2,5,9-10H,3-4H2. The van der Waals surface area contributed by atoms with Crippen molar-refractivity contribution in [1.29, 1.82) is 0 Å². The van der Waals surface area contributed by atoms with E-state index in [1.54, 1.807) is 0 Å².